The Kier molecular flexibility index (Phi) is 3.37. The van der Waals surface area contributed by atoms with Crippen molar-refractivity contribution in [1.29, 1.82) is 0 Å². The monoisotopic (exact) mass is 299 g/mol. The molecule has 1 amide bonds. The number of aromatic nitrogens is 2. The second kappa shape index (κ2) is 5.39. The van der Waals surface area contributed by atoms with Gasteiger partial charge in [-0.3, -0.25) is 4.79 Å². The predicted octanol–water partition coefficient (Wildman–Crippen LogP) is 1.85. The maximum atomic E-state index is 12.3. The molecule has 0 spiro atoms. The van der Waals surface area contributed by atoms with E-state index in [1.165, 1.54) is 18.7 Å². The summed E-state index contributed by atoms with van der Waals surface area (Å²) in [6.45, 7) is 2.71. The van der Waals surface area contributed by atoms with Crippen LogP contribution in [0.4, 0.5) is 0 Å². The van der Waals surface area contributed by atoms with E-state index in [1.54, 1.807) is 0 Å². The minimum absolute atomic E-state index is 0.181. The van der Waals surface area contributed by atoms with E-state index >= 15 is 0 Å². The van der Waals surface area contributed by atoms with Crippen LogP contribution in [0.5, 0.6) is 0 Å². The zero-order valence-electron chi connectivity index (χ0n) is 12.9. The second-order valence-corrected chi connectivity index (χ2v) is 6.30. The van der Waals surface area contributed by atoms with E-state index < -0.39 is 0 Å². The first kappa shape index (κ1) is 13.8. The normalized spacial score (nSPS) is 18.9. The van der Waals surface area contributed by atoms with Gasteiger partial charge in [0.2, 0.25) is 5.91 Å². The summed E-state index contributed by atoms with van der Waals surface area (Å²) in [5, 5.41) is 0. The Balaban J connectivity index is 1.55. The van der Waals surface area contributed by atoms with E-state index in [0.717, 1.165) is 16.6 Å². The number of carbonyl (C=O) groups excluding carboxylic acids is 1. The van der Waals surface area contributed by atoms with Crippen LogP contribution in [-0.2, 0) is 23.0 Å². The lowest BCUT2D eigenvalue weighted by atomic mass is 10.1. The molecule has 2 aliphatic rings. The first-order chi connectivity index (χ1) is 10.7. The third-order valence-corrected chi connectivity index (χ3v) is 4.64. The van der Waals surface area contributed by atoms with Gasteiger partial charge in [0.1, 0.15) is 5.82 Å². The maximum Gasteiger partial charge on any atom is 0.227 e. The van der Waals surface area contributed by atoms with Crippen LogP contribution in [-0.4, -0.2) is 46.7 Å². The third-order valence-electron chi connectivity index (χ3n) is 4.64. The van der Waals surface area contributed by atoms with Gasteiger partial charge in [-0.05, 0) is 30.5 Å². The lowest BCUT2D eigenvalue weighted by Gasteiger charge is -2.26. The molecule has 0 unspecified atom stereocenters. The molecule has 0 radical (unpaired) electrons. The van der Waals surface area contributed by atoms with Crippen molar-refractivity contribution in [2.45, 2.75) is 25.2 Å². The van der Waals surface area contributed by atoms with Gasteiger partial charge >= 0.3 is 0 Å². The van der Waals surface area contributed by atoms with E-state index in [1.807, 2.05) is 4.90 Å². The van der Waals surface area contributed by atoms with Crippen LogP contribution in [0, 0.1) is 0 Å². The van der Waals surface area contributed by atoms with E-state index in [0.29, 0.717) is 38.6 Å². The summed E-state index contributed by atoms with van der Waals surface area (Å²) in [7, 11) is 2.08. The summed E-state index contributed by atoms with van der Waals surface area (Å²) < 4.78 is 7.49. The molecule has 5 nitrogen and oxygen atoms in total. The second-order valence-electron chi connectivity index (χ2n) is 6.30. The van der Waals surface area contributed by atoms with E-state index in [4.69, 9.17) is 9.72 Å². The minimum atomic E-state index is 0.181. The SMILES string of the molecule is Cn1c(C2CC2)nc2cc(CC(=O)N3CCOCC3)ccc21. The highest BCUT2D eigenvalue weighted by molar-refractivity contribution is 5.82. The highest BCUT2D eigenvalue weighted by atomic mass is 16.5. The molecule has 4 rings (SSSR count). The summed E-state index contributed by atoms with van der Waals surface area (Å²) in [5.74, 6) is 2.00. The molecule has 2 aromatic rings. The standard InChI is InChI=1S/C17H21N3O2/c1-19-15-5-2-12(10-14(15)18-17(19)13-3-4-13)11-16(21)20-6-8-22-9-7-20/h2,5,10,13H,3-4,6-9,11H2,1H3. The molecule has 0 N–H and O–H groups in total. The average Bonchev–Trinajstić information content (AvgIpc) is 3.33. The van der Waals surface area contributed by atoms with E-state index in [2.05, 4.69) is 29.8 Å². The van der Waals surface area contributed by atoms with Crippen LogP contribution >= 0.6 is 0 Å². The number of aryl methyl sites for hydroxylation is 1. The molecule has 0 bridgehead atoms. The number of carbonyl (C=O) groups is 1. The van der Waals surface area contributed by atoms with Gasteiger partial charge in [0.15, 0.2) is 0 Å². The fraction of sp³-hybridized carbons (Fsp3) is 0.529. The van der Waals surface area contributed by atoms with Gasteiger partial charge < -0.3 is 14.2 Å². The number of ether oxygens (including phenoxy) is 1. The third kappa shape index (κ3) is 2.50. The molecule has 116 valence electrons. The Morgan fingerprint density at radius 2 is 2.09 bits per heavy atom. The van der Waals surface area contributed by atoms with Gasteiger partial charge in [-0.15, -0.1) is 0 Å². The zero-order chi connectivity index (χ0) is 15.1. The van der Waals surface area contributed by atoms with E-state index in [9.17, 15) is 4.79 Å². The van der Waals surface area contributed by atoms with Crippen molar-refractivity contribution in [3.05, 3.63) is 29.6 Å². The first-order valence-electron chi connectivity index (χ1n) is 8.03. The quantitative estimate of drug-likeness (QED) is 0.869. The Morgan fingerprint density at radius 3 is 2.82 bits per heavy atom. The van der Waals surface area contributed by atoms with Crippen LogP contribution in [0.3, 0.4) is 0 Å². The van der Waals surface area contributed by atoms with Crippen LogP contribution in [0.25, 0.3) is 11.0 Å². The Morgan fingerprint density at radius 1 is 1.32 bits per heavy atom. The van der Waals surface area contributed by atoms with Gasteiger partial charge in [-0.25, -0.2) is 4.98 Å². The number of hydrogen-bond acceptors (Lipinski definition) is 3. The topological polar surface area (TPSA) is 47.4 Å². The summed E-state index contributed by atoms with van der Waals surface area (Å²) in [5.41, 5.74) is 3.21. The molecule has 22 heavy (non-hydrogen) atoms. The molecule has 5 heteroatoms. The van der Waals surface area contributed by atoms with Crippen molar-refractivity contribution in [2.75, 3.05) is 26.3 Å². The highest BCUT2D eigenvalue weighted by Gasteiger charge is 2.28. The number of imidazole rings is 1. The molecular weight excluding hydrogens is 278 g/mol. The molecule has 0 atom stereocenters. The molecule has 1 saturated carbocycles. The summed E-state index contributed by atoms with van der Waals surface area (Å²) in [4.78, 5) is 19.0. The maximum absolute atomic E-state index is 12.3. The van der Waals surface area contributed by atoms with Crippen LogP contribution in [0.2, 0.25) is 0 Å². The molecule has 1 saturated heterocycles. The summed E-state index contributed by atoms with van der Waals surface area (Å²) in [6.07, 6.45) is 2.95. The Labute approximate surface area is 129 Å². The number of amides is 1. The number of morpholine rings is 1. The minimum Gasteiger partial charge on any atom is -0.378 e. The Bertz CT molecular complexity index is 712. The molecule has 1 aliphatic heterocycles. The van der Waals surface area contributed by atoms with Gasteiger partial charge in [0.05, 0.1) is 30.7 Å². The lowest BCUT2D eigenvalue weighted by molar-refractivity contribution is -0.134. The number of benzene rings is 1. The van der Waals surface area contributed by atoms with Crippen molar-refractivity contribution < 1.29 is 9.53 Å². The van der Waals surface area contributed by atoms with Crippen LogP contribution in [0.15, 0.2) is 18.2 Å². The van der Waals surface area contributed by atoms with Crippen molar-refractivity contribution >= 4 is 16.9 Å². The molecule has 2 fully saturated rings. The fourth-order valence-electron chi connectivity index (χ4n) is 3.18. The van der Waals surface area contributed by atoms with Gasteiger partial charge in [-0.2, -0.15) is 0 Å². The molecule has 1 aromatic heterocycles. The summed E-state index contributed by atoms with van der Waals surface area (Å²) in [6, 6.07) is 6.22. The largest absolute Gasteiger partial charge is 0.378 e. The van der Waals surface area contributed by atoms with Crippen molar-refractivity contribution in [1.82, 2.24) is 14.5 Å². The smallest absolute Gasteiger partial charge is 0.227 e. The zero-order valence-corrected chi connectivity index (χ0v) is 12.9. The van der Waals surface area contributed by atoms with Crippen LogP contribution in [0.1, 0.15) is 30.1 Å². The highest BCUT2D eigenvalue weighted by Crippen LogP contribution is 2.40. The van der Waals surface area contributed by atoms with E-state index in [-0.39, 0.29) is 5.91 Å². The van der Waals surface area contributed by atoms with Crippen molar-refractivity contribution in [3.8, 4) is 0 Å². The molecule has 2 heterocycles. The lowest BCUT2D eigenvalue weighted by Crippen LogP contribution is -2.41. The van der Waals surface area contributed by atoms with Gasteiger partial charge in [-0.1, -0.05) is 6.07 Å². The predicted molar refractivity (Wildman–Crippen MR) is 83.8 cm³/mol. The fourth-order valence-corrected chi connectivity index (χ4v) is 3.18. The number of rotatable bonds is 3. The first-order valence-corrected chi connectivity index (χ1v) is 8.03. The molecule has 1 aromatic carbocycles. The number of nitrogens with zero attached hydrogens (tertiary/aromatic N) is 3. The number of fused-ring (bicyclic) bond motifs is 1. The number of hydrogen-bond donors (Lipinski definition) is 0. The Hall–Kier alpha value is -1.88. The average molecular weight is 299 g/mol. The molecular formula is C17H21N3O2. The van der Waals surface area contributed by atoms with Crippen molar-refractivity contribution in [3.63, 3.8) is 0 Å². The van der Waals surface area contributed by atoms with Crippen LogP contribution < -0.4 is 0 Å². The van der Waals surface area contributed by atoms with Gasteiger partial charge in [0, 0.05) is 26.1 Å². The summed E-state index contributed by atoms with van der Waals surface area (Å²) >= 11 is 0. The van der Waals surface area contributed by atoms with Gasteiger partial charge in [0.25, 0.3) is 0 Å². The van der Waals surface area contributed by atoms with Crippen molar-refractivity contribution in [2.24, 2.45) is 7.05 Å². The molecule has 1 aliphatic carbocycles.